The Morgan fingerprint density at radius 3 is 2.81 bits per heavy atom. The lowest BCUT2D eigenvalue weighted by Gasteiger charge is -2.06. The average molecular weight is 213 g/mol. The van der Waals surface area contributed by atoms with Gasteiger partial charge in [-0.15, -0.1) is 0 Å². The lowest BCUT2D eigenvalue weighted by atomic mass is 10.0. The molecule has 2 aromatic rings. The fourth-order valence-electron chi connectivity index (χ4n) is 2.53. The van der Waals surface area contributed by atoms with E-state index in [4.69, 9.17) is 5.73 Å². The average Bonchev–Trinajstić information content (AvgIpc) is 2.85. The molecule has 1 aliphatic rings. The molecule has 3 heteroatoms. The number of hydrogen-bond donors (Lipinski definition) is 1. The van der Waals surface area contributed by atoms with Crippen molar-refractivity contribution in [2.24, 2.45) is 7.05 Å². The van der Waals surface area contributed by atoms with E-state index >= 15 is 0 Å². The van der Waals surface area contributed by atoms with Crippen LogP contribution in [0.1, 0.15) is 17.5 Å². The molecule has 0 atom stereocenters. The third-order valence-corrected chi connectivity index (χ3v) is 3.34. The van der Waals surface area contributed by atoms with Crippen LogP contribution in [0, 0.1) is 0 Å². The lowest BCUT2D eigenvalue weighted by molar-refractivity contribution is 0.776. The van der Waals surface area contributed by atoms with Gasteiger partial charge in [0, 0.05) is 12.6 Å². The number of fused-ring (bicyclic) bond motifs is 1. The van der Waals surface area contributed by atoms with Crippen LogP contribution in [0.25, 0.3) is 11.3 Å². The number of aromatic nitrogens is 2. The normalized spacial score (nSPS) is 14.1. The second-order valence-corrected chi connectivity index (χ2v) is 4.41. The van der Waals surface area contributed by atoms with Gasteiger partial charge in [-0.3, -0.25) is 4.68 Å². The summed E-state index contributed by atoms with van der Waals surface area (Å²) in [6.07, 6.45) is 5.40. The van der Waals surface area contributed by atoms with Crippen molar-refractivity contribution in [3.05, 3.63) is 35.5 Å². The number of rotatable bonds is 1. The number of anilines is 1. The summed E-state index contributed by atoms with van der Waals surface area (Å²) in [7, 11) is 1.93. The minimum absolute atomic E-state index is 0.750. The summed E-state index contributed by atoms with van der Waals surface area (Å²) in [5.41, 5.74) is 11.8. The van der Waals surface area contributed by atoms with Crippen LogP contribution in [0.4, 0.5) is 5.69 Å². The number of nitrogen functional groups attached to an aromatic ring is 1. The first-order valence-corrected chi connectivity index (χ1v) is 5.65. The van der Waals surface area contributed by atoms with Crippen molar-refractivity contribution in [2.45, 2.75) is 19.3 Å². The number of nitrogens with zero attached hydrogens (tertiary/aromatic N) is 2. The molecule has 0 fully saturated rings. The van der Waals surface area contributed by atoms with Crippen LogP contribution >= 0.6 is 0 Å². The van der Waals surface area contributed by atoms with Gasteiger partial charge in [0.15, 0.2) is 0 Å². The van der Waals surface area contributed by atoms with Crippen LogP contribution in [0.3, 0.4) is 0 Å². The maximum Gasteiger partial charge on any atom is 0.0908 e. The molecular weight excluding hydrogens is 198 g/mol. The van der Waals surface area contributed by atoms with Gasteiger partial charge in [-0.1, -0.05) is 12.1 Å². The zero-order valence-corrected chi connectivity index (χ0v) is 9.40. The van der Waals surface area contributed by atoms with Gasteiger partial charge in [0.25, 0.3) is 0 Å². The molecule has 0 spiro atoms. The molecule has 0 unspecified atom stereocenters. The Kier molecular flexibility index (Phi) is 1.99. The Balaban J connectivity index is 2.14. The first kappa shape index (κ1) is 9.46. The molecule has 3 rings (SSSR count). The molecule has 1 aliphatic carbocycles. The van der Waals surface area contributed by atoms with E-state index in [2.05, 4.69) is 23.3 Å². The molecule has 0 saturated heterocycles. The van der Waals surface area contributed by atoms with E-state index in [9.17, 15) is 0 Å². The molecule has 16 heavy (non-hydrogen) atoms. The number of nitrogens with two attached hydrogens (primary N) is 1. The van der Waals surface area contributed by atoms with Crippen molar-refractivity contribution in [3.63, 3.8) is 0 Å². The van der Waals surface area contributed by atoms with E-state index in [0.717, 1.165) is 11.4 Å². The van der Waals surface area contributed by atoms with E-state index in [0.29, 0.717) is 0 Å². The Morgan fingerprint density at radius 2 is 2.06 bits per heavy atom. The van der Waals surface area contributed by atoms with Crippen LogP contribution in [0.15, 0.2) is 24.4 Å². The van der Waals surface area contributed by atoms with Crippen LogP contribution in [-0.2, 0) is 19.9 Å². The third kappa shape index (κ3) is 1.32. The van der Waals surface area contributed by atoms with Crippen molar-refractivity contribution < 1.29 is 0 Å². The summed E-state index contributed by atoms with van der Waals surface area (Å²) in [6.45, 7) is 0. The summed E-state index contributed by atoms with van der Waals surface area (Å²) in [6, 6.07) is 6.64. The third-order valence-electron chi connectivity index (χ3n) is 3.34. The highest BCUT2D eigenvalue weighted by molar-refractivity contribution is 5.73. The number of aryl methyl sites for hydroxylation is 3. The lowest BCUT2D eigenvalue weighted by Crippen LogP contribution is -1.96. The highest BCUT2D eigenvalue weighted by Crippen LogP contribution is 2.30. The molecule has 2 N–H and O–H groups in total. The van der Waals surface area contributed by atoms with E-state index in [-0.39, 0.29) is 0 Å². The molecular formula is C13H15N3. The first-order valence-electron chi connectivity index (χ1n) is 5.65. The van der Waals surface area contributed by atoms with E-state index in [1.807, 2.05) is 11.7 Å². The summed E-state index contributed by atoms with van der Waals surface area (Å²) < 4.78 is 1.84. The SMILES string of the molecule is Cn1ncc(N)c1-c1ccc2c(c1)CCC2. The van der Waals surface area contributed by atoms with E-state index in [1.54, 1.807) is 6.20 Å². The van der Waals surface area contributed by atoms with Crippen molar-refractivity contribution in [2.75, 3.05) is 5.73 Å². The Labute approximate surface area is 94.9 Å². The molecule has 1 heterocycles. The first-order chi connectivity index (χ1) is 7.75. The van der Waals surface area contributed by atoms with Crippen molar-refractivity contribution in [1.29, 1.82) is 0 Å². The summed E-state index contributed by atoms with van der Waals surface area (Å²) in [4.78, 5) is 0. The van der Waals surface area contributed by atoms with Crippen molar-refractivity contribution in [1.82, 2.24) is 9.78 Å². The monoisotopic (exact) mass is 213 g/mol. The maximum absolute atomic E-state index is 5.94. The summed E-state index contributed by atoms with van der Waals surface area (Å²) >= 11 is 0. The smallest absolute Gasteiger partial charge is 0.0908 e. The topological polar surface area (TPSA) is 43.8 Å². The quantitative estimate of drug-likeness (QED) is 0.788. The predicted molar refractivity (Wildman–Crippen MR) is 65.1 cm³/mol. The van der Waals surface area contributed by atoms with E-state index < -0.39 is 0 Å². The van der Waals surface area contributed by atoms with Gasteiger partial charge in [0.1, 0.15) is 0 Å². The van der Waals surface area contributed by atoms with E-state index in [1.165, 1.54) is 36.0 Å². The number of benzene rings is 1. The minimum atomic E-state index is 0.750. The van der Waals surface area contributed by atoms with Crippen LogP contribution < -0.4 is 5.73 Å². The highest BCUT2D eigenvalue weighted by Gasteiger charge is 2.14. The van der Waals surface area contributed by atoms with Crippen molar-refractivity contribution >= 4 is 5.69 Å². The molecule has 1 aromatic carbocycles. The Morgan fingerprint density at radius 1 is 1.25 bits per heavy atom. The highest BCUT2D eigenvalue weighted by atomic mass is 15.3. The van der Waals surface area contributed by atoms with Gasteiger partial charge in [-0.25, -0.2) is 0 Å². The van der Waals surface area contributed by atoms with Crippen molar-refractivity contribution in [3.8, 4) is 11.3 Å². The van der Waals surface area contributed by atoms with Gasteiger partial charge in [-0.05, 0) is 36.5 Å². The van der Waals surface area contributed by atoms with Gasteiger partial charge in [0.05, 0.1) is 17.6 Å². The fraction of sp³-hybridized carbons (Fsp3) is 0.308. The Hall–Kier alpha value is -1.77. The summed E-state index contributed by atoms with van der Waals surface area (Å²) in [5.74, 6) is 0. The minimum Gasteiger partial charge on any atom is -0.396 e. The van der Waals surface area contributed by atoms with Gasteiger partial charge < -0.3 is 5.73 Å². The summed E-state index contributed by atoms with van der Waals surface area (Å²) in [5, 5.41) is 4.18. The van der Waals surface area contributed by atoms with Crippen LogP contribution in [0.2, 0.25) is 0 Å². The number of hydrogen-bond acceptors (Lipinski definition) is 2. The zero-order chi connectivity index (χ0) is 11.1. The fourth-order valence-corrected chi connectivity index (χ4v) is 2.53. The molecule has 3 nitrogen and oxygen atoms in total. The van der Waals surface area contributed by atoms with Gasteiger partial charge in [0.2, 0.25) is 0 Å². The zero-order valence-electron chi connectivity index (χ0n) is 9.40. The standard InChI is InChI=1S/C13H15N3/c1-16-13(12(14)8-15-16)11-6-5-9-3-2-4-10(9)7-11/h5-8H,2-4,14H2,1H3. The Bertz CT molecular complexity index is 521. The van der Waals surface area contributed by atoms with Gasteiger partial charge in [-0.2, -0.15) is 5.10 Å². The molecule has 0 aliphatic heterocycles. The molecule has 0 amide bonds. The molecule has 0 radical (unpaired) electrons. The van der Waals surface area contributed by atoms with Crippen LogP contribution in [-0.4, -0.2) is 9.78 Å². The maximum atomic E-state index is 5.94. The molecule has 0 bridgehead atoms. The van der Waals surface area contributed by atoms with Gasteiger partial charge >= 0.3 is 0 Å². The largest absolute Gasteiger partial charge is 0.396 e. The molecule has 0 saturated carbocycles. The second-order valence-electron chi connectivity index (χ2n) is 4.41. The van der Waals surface area contributed by atoms with Crippen LogP contribution in [0.5, 0.6) is 0 Å². The molecule has 1 aromatic heterocycles. The second kappa shape index (κ2) is 3.37. The molecule has 82 valence electrons. The predicted octanol–water partition coefficient (Wildman–Crippen LogP) is 2.16.